The number of methoxy groups -OCH3 is 1. The molecule has 0 unspecified atom stereocenters. The number of rotatable bonds is 6. The number of carbonyl (C=O) groups excluding carboxylic acids is 1. The predicted molar refractivity (Wildman–Crippen MR) is 108 cm³/mol. The van der Waals surface area contributed by atoms with Crippen LogP contribution < -0.4 is 14.8 Å². The lowest BCUT2D eigenvalue weighted by Crippen LogP contribution is -2.12. The van der Waals surface area contributed by atoms with E-state index in [0.717, 1.165) is 5.56 Å². The Hall–Kier alpha value is -2.69. The van der Waals surface area contributed by atoms with Gasteiger partial charge in [0.2, 0.25) is 0 Å². The molecular weight excluding hydrogens is 385 g/mol. The minimum absolute atomic E-state index is 0.243. The first-order valence-electron chi connectivity index (χ1n) is 8.17. The fourth-order valence-corrected chi connectivity index (χ4v) is 2.81. The average Bonchev–Trinajstić information content (AvgIpc) is 2.67. The van der Waals surface area contributed by atoms with E-state index in [1.54, 1.807) is 73.8 Å². The summed E-state index contributed by atoms with van der Waals surface area (Å²) in [5.74, 6) is 1.08. The zero-order chi connectivity index (χ0) is 19.2. The maximum absolute atomic E-state index is 12.5. The fraction of sp³-hybridized carbons (Fsp3) is 0.0952. The second-order valence-electron chi connectivity index (χ2n) is 5.73. The van der Waals surface area contributed by atoms with E-state index < -0.39 is 0 Å². The van der Waals surface area contributed by atoms with Crippen molar-refractivity contribution >= 4 is 34.8 Å². The number of anilines is 1. The summed E-state index contributed by atoms with van der Waals surface area (Å²) in [5, 5.41) is 4.02. The van der Waals surface area contributed by atoms with Gasteiger partial charge in [0.15, 0.2) is 0 Å². The quantitative estimate of drug-likeness (QED) is 0.564. The van der Waals surface area contributed by atoms with Gasteiger partial charge in [0.25, 0.3) is 5.91 Å². The molecule has 3 aromatic carbocycles. The molecule has 0 aliphatic rings. The van der Waals surface area contributed by atoms with E-state index in [4.69, 9.17) is 32.7 Å². The summed E-state index contributed by atoms with van der Waals surface area (Å²) < 4.78 is 11.1. The van der Waals surface area contributed by atoms with Crippen LogP contribution in [0.4, 0.5) is 5.69 Å². The lowest BCUT2D eigenvalue weighted by atomic mass is 10.1. The Balaban J connectivity index is 1.75. The van der Waals surface area contributed by atoms with Crippen molar-refractivity contribution in [3.63, 3.8) is 0 Å². The predicted octanol–water partition coefficient (Wildman–Crippen LogP) is 5.83. The first-order chi connectivity index (χ1) is 13.0. The molecule has 0 aliphatic heterocycles. The zero-order valence-electron chi connectivity index (χ0n) is 14.5. The molecule has 3 aromatic rings. The third-order valence-corrected chi connectivity index (χ3v) is 4.32. The van der Waals surface area contributed by atoms with Gasteiger partial charge in [-0.3, -0.25) is 4.79 Å². The van der Waals surface area contributed by atoms with Crippen molar-refractivity contribution in [2.24, 2.45) is 0 Å². The van der Waals surface area contributed by atoms with Crippen LogP contribution in [0.3, 0.4) is 0 Å². The third-order valence-electron chi connectivity index (χ3n) is 3.83. The SMILES string of the molecule is COc1ccc(C(=O)Nc2cccc(Cl)c2)cc1COc1ccc(Cl)cc1. The summed E-state index contributed by atoms with van der Waals surface area (Å²) in [6.07, 6.45) is 0. The van der Waals surface area contributed by atoms with Crippen LogP contribution >= 0.6 is 23.2 Å². The summed E-state index contributed by atoms with van der Waals surface area (Å²) in [4.78, 5) is 12.5. The van der Waals surface area contributed by atoms with Gasteiger partial charge in [-0.2, -0.15) is 0 Å². The van der Waals surface area contributed by atoms with E-state index in [1.165, 1.54) is 0 Å². The Morgan fingerprint density at radius 1 is 0.963 bits per heavy atom. The first-order valence-corrected chi connectivity index (χ1v) is 8.93. The van der Waals surface area contributed by atoms with Crippen molar-refractivity contribution in [3.05, 3.63) is 87.9 Å². The van der Waals surface area contributed by atoms with Crippen molar-refractivity contribution in [2.45, 2.75) is 6.61 Å². The molecule has 0 heterocycles. The summed E-state index contributed by atoms with van der Waals surface area (Å²) in [6, 6.07) is 19.2. The van der Waals surface area contributed by atoms with Gasteiger partial charge in [-0.05, 0) is 60.7 Å². The summed E-state index contributed by atoms with van der Waals surface area (Å²) in [5.41, 5.74) is 1.87. The van der Waals surface area contributed by atoms with Crippen molar-refractivity contribution in [1.82, 2.24) is 0 Å². The van der Waals surface area contributed by atoms with Crippen LogP contribution in [0, 0.1) is 0 Å². The molecule has 0 aliphatic carbocycles. The van der Waals surface area contributed by atoms with Crippen LogP contribution in [-0.4, -0.2) is 13.0 Å². The number of hydrogen-bond acceptors (Lipinski definition) is 3. The molecule has 0 radical (unpaired) electrons. The summed E-state index contributed by atoms with van der Waals surface area (Å²) in [7, 11) is 1.58. The van der Waals surface area contributed by atoms with Gasteiger partial charge in [0.1, 0.15) is 18.1 Å². The molecule has 0 spiro atoms. The summed E-state index contributed by atoms with van der Waals surface area (Å²) in [6.45, 7) is 0.253. The zero-order valence-corrected chi connectivity index (χ0v) is 16.1. The molecule has 0 aromatic heterocycles. The highest BCUT2D eigenvalue weighted by atomic mass is 35.5. The molecule has 0 bridgehead atoms. The van der Waals surface area contributed by atoms with Crippen molar-refractivity contribution < 1.29 is 14.3 Å². The molecular formula is C21H17Cl2NO3. The van der Waals surface area contributed by atoms with Crippen molar-refractivity contribution in [1.29, 1.82) is 0 Å². The second kappa shape index (κ2) is 8.80. The normalized spacial score (nSPS) is 10.3. The number of hydrogen-bond donors (Lipinski definition) is 1. The number of ether oxygens (including phenoxy) is 2. The minimum Gasteiger partial charge on any atom is -0.496 e. The molecule has 1 N–H and O–H groups in total. The maximum Gasteiger partial charge on any atom is 0.255 e. The standard InChI is InChI=1S/C21H17Cl2NO3/c1-26-20-10-5-14(21(25)24-18-4-2-3-17(23)12-18)11-15(20)13-27-19-8-6-16(22)7-9-19/h2-12H,13H2,1H3,(H,24,25). The van der Waals surface area contributed by atoms with Crippen LogP contribution in [0.1, 0.15) is 15.9 Å². The number of halogens is 2. The number of amides is 1. The van der Waals surface area contributed by atoms with Gasteiger partial charge in [0.05, 0.1) is 7.11 Å². The highest BCUT2D eigenvalue weighted by Crippen LogP contribution is 2.24. The molecule has 1 amide bonds. The molecule has 4 nitrogen and oxygen atoms in total. The smallest absolute Gasteiger partial charge is 0.255 e. The Kier molecular flexibility index (Phi) is 6.22. The number of carbonyl (C=O) groups is 1. The highest BCUT2D eigenvalue weighted by Gasteiger charge is 2.12. The van der Waals surface area contributed by atoms with Gasteiger partial charge < -0.3 is 14.8 Å². The average molecular weight is 402 g/mol. The van der Waals surface area contributed by atoms with E-state index in [2.05, 4.69) is 5.32 Å². The maximum atomic E-state index is 12.5. The van der Waals surface area contributed by atoms with Crippen LogP contribution in [-0.2, 0) is 6.61 Å². The Morgan fingerprint density at radius 2 is 1.74 bits per heavy atom. The van der Waals surface area contributed by atoms with Crippen LogP contribution in [0.25, 0.3) is 0 Å². The van der Waals surface area contributed by atoms with E-state index in [9.17, 15) is 4.79 Å². The van der Waals surface area contributed by atoms with Gasteiger partial charge >= 0.3 is 0 Å². The lowest BCUT2D eigenvalue weighted by Gasteiger charge is -2.12. The first kappa shape index (κ1) is 19.1. The molecule has 3 rings (SSSR count). The van der Waals surface area contributed by atoms with Crippen LogP contribution in [0.15, 0.2) is 66.7 Å². The van der Waals surface area contributed by atoms with Crippen molar-refractivity contribution in [2.75, 3.05) is 12.4 Å². The largest absolute Gasteiger partial charge is 0.496 e. The Morgan fingerprint density at radius 3 is 2.44 bits per heavy atom. The second-order valence-corrected chi connectivity index (χ2v) is 6.61. The highest BCUT2D eigenvalue weighted by molar-refractivity contribution is 6.31. The monoisotopic (exact) mass is 401 g/mol. The van der Waals surface area contributed by atoms with E-state index in [-0.39, 0.29) is 12.5 Å². The summed E-state index contributed by atoms with van der Waals surface area (Å²) >= 11 is 11.8. The molecule has 0 atom stereocenters. The Labute approximate surface area is 167 Å². The molecule has 0 saturated heterocycles. The van der Waals surface area contributed by atoms with Gasteiger partial charge in [-0.15, -0.1) is 0 Å². The molecule has 138 valence electrons. The number of benzene rings is 3. The molecule has 0 saturated carbocycles. The van der Waals surface area contributed by atoms with Crippen molar-refractivity contribution in [3.8, 4) is 11.5 Å². The minimum atomic E-state index is -0.243. The van der Waals surface area contributed by atoms with Gasteiger partial charge in [-0.1, -0.05) is 29.3 Å². The van der Waals surface area contributed by atoms with Gasteiger partial charge in [0, 0.05) is 26.9 Å². The van der Waals surface area contributed by atoms with E-state index in [0.29, 0.717) is 32.8 Å². The van der Waals surface area contributed by atoms with Gasteiger partial charge in [-0.25, -0.2) is 0 Å². The number of nitrogens with one attached hydrogen (secondary N) is 1. The van der Waals surface area contributed by atoms with E-state index >= 15 is 0 Å². The van der Waals surface area contributed by atoms with Crippen LogP contribution in [0.5, 0.6) is 11.5 Å². The lowest BCUT2D eigenvalue weighted by molar-refractivity contribution is 0.102. The van der Waals surface area contributed by atoms with Crippen LogP contribution in [0.2, 0.25) is 10.0 Å². The van der Waals surface area contributed by atoms with E-state index in [1.807, 2.05) is 0 Å². The molecule has 6 heteroatoms. The molecule has 27 heavy (non-hydrogen) atoms. The molecule has 0 fully saturated rings. The fourth-order valence-electron chi connectivity index (χ4n) is 2.49. The Bertz CT molecular complexity index is 942. The topological polar surface area (TPSA) is 47.6 Å². The third kappa shape index (κ3) is 5.16.